The molecule has 0 radical (unpaired) electrons. The standard InChI is InChI=1S/C65H83N25O13/c1-37(91)71-38-24-47(86(7)29-38)62(100)81-50-36-88(9)55(80-50)63(101)70-22-17-54(95)77-49-35-90(11)57(79-49)65(103)74-41-27-43(84(5)32-41)58(96)67-18-12-14-52(93)76-48-34-89(10)56(78-48)64(102)75-42-28-45(85(6)33-42)60(98)69-21-16-53(94)72-39-25-46(87(8)30-39)61(99)73-40-26-44(83(4)31-40)59(97)68-20-15-51(92)66-19-13-23-82(2)3/h24-36H,12-23H2,1-11H3,(H,66,92)(H,67,96)(H,68,97)(H,69,98)(H,70,101)(H,71,91)(H,72,94)(H,73,99)(H,74,103)(H,75,102)(H,76,93)(H,77,95)(H,81,100). The van der Waals surface area contributed by atoms with Gasteiger partial charge < -0.3 is 111 Å². The van der Waals surface area contributed by atoms with Gasteiger partial charge in [-0.05, 0) is 63.8 Å². The molecule has 0 saturated heterocycles. The fourth-order valence-electron chi connectivity index (χ4n) is 10.5. The molecule has 0 unspecified atom stereocenters. The Morgan fingerprint density at radius 3 is 1.04 bits per heavy atom. The van der Waals surface area contributed by atoms with Crippen LogP contribution in [-0.2, 0) is 80.4 Å². The van der Waals surface area contributed by atoms with Crippen LogP contribution in [0.3, 0.4) is 0 Å². The van der Waals surface area contributed by atoms with Crippen molar-refractivity contribution in [1.82, 2.24) is 83.0 Å². The van der Waals surface area contributed by atoms with Crippen molar-refractivity contribution in [3.05, 3.63) is 126 Å². The van der Waals surface area contributed by atoms with Crippen LogP contribution >= 0.6 is 0 Å². The SMILES string of the molecule is CC(=O)Nc1cc(C(=O)Nc2cn(C)c(C(=O)NCCC(=O)Nc3cn(C)c(C(=O)Nc4cc(C(=O)NCCCC(=O)Nc5cn(C)c(C(=O)Nc6cc(C(=O)NCCC(=O)Nc7cc(C(=O)Nc8cc(C(=O)NCCC(=O)NCCCN(C)C)n(C)c8)n(C)c7)n(C)c6)n5)n(C)c4)n3)n2)n(C)c1. The Hall–Kier alpha value is -12.9. The second-order valence-corrected chi connectivity index (χ2v) is 24.3. The molecule has 8 aromatic heterocycles. The summed E-state index contributed by atoms with van der Waals surface area (Å²) in [5.74, 6) is -6.28. The van der Waals surface area contributed by atoms with Crippen LogP contribution in [0.5, 0.6) is 0 Å². The highest BCUT2D eigenvalue weighted by molar-refractivity contribution is 6.08. The van der Waals surface area contributed by atoms with E-state index in [1.807, 2.05) is 19.0 Å². The smallest absolute Gasteiger partial charge is 0.291 e. The van der Waals surface area contributed by atoms with Crippen molar-refractivity contribution in [2.45, 2.75) is 45.4 Å². The first-order valence-corrected chi connectivity index (χ1v) is 32.3. The van der Waals surface area contributed by atoms with E-state index in [2.05, 4.69) is 84.1 Å². The van der Waals surface area contributed by atoms with Gasteiger partial charge in [0.05, 0.1) is 28.4 Å². The molecule has 8 rings (SSSR count). The summed E-state index contributed by atoms with van der Waals surface area (Å²) < 4.78 is 11.7. The maximum atomic E-state index is 13.4. The lowest BCUT2D eigenvalue weighted by molar-refractivity contribution is -0.121. The van der Waals surface area contributed by atoms with Gasteiger partial charge in [-0.15, -0.1) is 0 Å². The van der Waals surface area contributed by atoms with Gasteiger partial charge in [0.2, 0.25) is 47.0 Å². The zero-order valence-electron chi connectivity index (χ0n) is 58.7. The number of amides is 13. The third-order valence-electron chi connectivity index (χ3n) is 15.5. The summed E-state index contributed by atoms with van der Waals surface area (Å²) in [7, 11) is 16.6. The fourth-order valence-corrected chi connectivity index (χ4v) is 10.5. The summed E-state index contributed by atoms with van der Waals surface area (Å²) >= 11 is 0. The Labute approximate surface area is 589 Å². The number of hydrogen-bond donors (Lipinski definition) is 13. The Bertz CT molecular complexity index is 4560. The molecule has 0 bridgehead atoms. The first kappa shape index (κ1) is 75.9. The van der Waals surface area contributed by atoms with E-state index in [1.54, 1.807) is 79.5 Å². The Morgan fingerprint density at radius 1 is 0.311 bits per heavy atom. The first-order valence-electron chi connectivity index (χ1n) is 32.3. The average molecular weight is 1420 g/mol. The summed E-state index contributed by atoms with van der Waals surface area (Å²) in [5, 5.41) is 34.9. The minimum atomic E-state index is -0.654. The summed E-state index contributed by atoms with van der Waals surface area (Å²) in [6.45, 7) is 2.78. The molecule has 0 atom stereocenters. The first-order chi connectivity index (χ1) is 48.9. The highest BCUT2D eigenvalue weighted by Crippen LogP contribution is 2.22. The van der Waals surface area contributed by atoms with Gasteiger partial charge in [-0.25, -0.2) is 15.0 Å². The number of nitrogens with zero attached hydrogens (tertiary/aromatic N) is 12. The van der Waals surface area contributed by atoms with Crippen LogP contribution in [0.4, 0.5) is 45.9 Å². The van der Waals surface area contributed by atoms with E-state index in [1.165, 1.54) is 100 Å². The third kappa shape index (κ3) is 21.1. The van der Waals surface area contributed by atoms with E-state index >= 15 is 0 Å². The monoisotopic (exact) mass is 1420 g/mol. The number of anilines is 8. The van der Waals surface area contributed by atoms with E-state index in [9.17, 15) is 62.3 Å². The van der Waals surface area contributed by atoms with Gasteiger partial charge >= 0.3 is 0 Å². The van der Waals surface area contributed by atoms with Crippen LogP contribution in [0.2, 0.25) is 0 Å². The van der Waals surface area contributed by atoms with Crippen LogP contribution in [0.1, 0.15) is 130 Å². The number of hydrogen-bond acceptors (Lipinski definition) is 17. The van der Waals surface area contributed by atoms with Crippen LogP contribution in [0, 0.1) is 0 Å². The van der Waals surface area contributed by atoms with E-state index in [4.69, 9.17) is 0 Å². The molecule has 8 aromatic rings. The number of nitrogens with one attached hydrogen (secondary N) is 13. The van der Waals surface area contributed by atoms with E-state index in [0.717, 1.165) is 13.0 Å². The zero-order valence-corrected chi connectivity index (χ0v) is 58.7. The second-order valence-electron chi connectivity index (χ2n) is 24.3. The topological polar surface area (TPSA) is 460 Å². The predicted octanol–water partition coefficient (Wildman–Crippen LogP) is 1.40. The molecule has 0 spiro atoms. The molecule has 0 fully saturated rings. The molecule has 103 heavy (non-hydrogen) atoms. The Balaban J connectivity index is 0.700. The molecule has 0 aromatic carbocycles. The normalized spacial score (nSPS) is 11.0. The van der Waals surface area contributed by atoms with Crippen molar-refractivity contribution in [2.75, 3.05) is 95.9 Å². The van der Waals surface area contributed by atoms with Gasteiger partial charge in [-0.3, -0.25) is 62.3 Å². The van der Waals surface area contributed by atoms with Gasteiger partial charge in [0.25, 0.3) is 47.3 Å². The number of imidazole rings is 3. The predicted molar refractivity (Wildman–Crippen MR) is 377 cm³/mol. The molecule has 0 aliphatic rings. The maximum absolute atomic E-state index is 13.4. The van der Waals surface area contributed by atoms with Gasteiger partial charge in [-0.2, -0.15) is 0 Å². The lowest BCUT2D eigenvalue weighted by atomic mass is 10.3. The van der Waals surface area contributed by atoms with E-state index < -0.39 is 65.0 Å². The number of aryl methyl sites for hydroxylation is 8. The number of carbonyl (C=O) groups is 13. The molecule has 0 saturated carbocycles. The van der Waals surface area contributed by atoms with Crippen molar-refractivity contribution in [3.8, 4) is 0 Å². The molecular weight excluding hydrogens is 1340 g/mol. The third-order valence-corrected chi connectivity index (χ3v) is 15.5. The van der Waals surface area contributed by atoms with Crippen LogP contribution in [0.15, 0.2) is 79.9 Å². The largest absolute Gasteiger partial charge is 0.356 e. The molecule has 0 aliphatic heterocycles. The van der Waals surface area contributed by atoms with Gasteiger partial charge in [0.15, 0.2) is 17.5 Å². The Morgan fingerprint density at radius 2 is 0.621 bits per heavy atom. The van der Waals surface area contributed by atoms with Crippen molar-refractivity contribution in [2.24, 2.45) is 56.4 Å². The molecular formula is C65H83N25O13. The summed E-state index contributed by atoms with van der Waals surface area (Å²) in [6.07, 6.45) is 12.8. The summed E-state index contributed by atoms with van der Waals surface area (Å²) in [4.78, 5) is 182. The van der Waals surface area contributed by atoms with Crippen LogP contribution in [-0.4, -0.2) is 187 Å². The fraction of sp³-hybridized carbons (Fsp3) is 0.354. The van der Waals surface area contributed by atoms with E-state index in [-0.39, 0.29) is 145 Å². The van der Waals surface area contributed by atoms with Gasteiger partial charge in [0, 0.05) is 171 Å². The van der Waals surface area contributed by atoms with Gasteiger partial charge in [0.1, 0.15) is 28.5 Å². The minimum absolute atomic E-state index is 0.0341. The second kappa shape index (κ2) is 34.2. The molecule has 546 valence electrons. The maximum Gasteiger partial charge on any atom is 0.291 e. The Kier molecular flexibility index (Phi) is 25.2. The zero-order chi connectivity index (χ0) is 74.9. The van der Waals surface area contributed by atoms with E-state index in [0.29, 0.717) is 23.6 Å². The van der Waals surface area contributed by atoms with Crippen LogP contribution < -0.4 is 69.1 Å². The number of carbonyl (C=O) groups excluding carboxylic acids is 13. The molecule has 0 aliphatic carbocycles. The van der Waals surface area contributed by atoms with Gasteiger partial charge in [-0.1, -0.05) is 0 Å². The minimum Gasteiger partial charge on any atom is -0.356 e. The van der Waals surface area contributed by atoms with Crippen molar-refractivity contribution in [1.29, 1.82) is 0 Å². The van der Waals surface area contributed by atoms with Crippen molar-refractivity contribution in [3.63, 3.8) is 0 Å². The number of aromatic nitrogens is 11. The highest BCUT2D eigenvalue weighted by Gasteiger charge is 2.24. The molecule has 38 heteroatoms. The average Bonchev–Trinajstić information content (AvgIpc) is 1.70. The molecule has 8 heterocycles. The summed E-state index contributed by atoms with van der Waals surface area (Å²) in [5.41, 5.74) is 2.65. The quantitative estimate of drug-likeness (QED) is 0.0259. The summed E-state index contributed by atoms with van der Waals surface area (Å²) in [6, 6.07) is 7.35. The lowest BCUT2D eigenvalue weighted by Crippen LogP contribution is -2.32. The van der Waals surface area contributed by atoms with Crippen molar-refractivity contribution < 1.29 is 62.3 Å². The van der Waals surface area contributed by atoms with Crippen molar-refractivity contribution >= 4 is 123 Å². The highest BCUT2D eigenvalue weighted by atomic mass is 16.2. The number of rotatable bonds is 33. The molecule has 13 N–H and O–H groups in total. The van der Waals surface area contributed by atoms with Crippen LogP contribution in [0.25, 0.3) is 0 Å². The lowest BCUT2D eigenvalue weighted by Gasteiger charge is -2.10. The molecule has 38 nitrogen and oxygen atoms in total. The molecule has 13 amide bonds.